The number of nitrogens with two attached hydrogens (primary N) is 1. The molecule has 1 heterocycles. The van der Waals surface area contributed by atoms with Crippen LogP contribution in [0.25, 0.3) is 0 Å². The Kier molecular flexibility index (Phi) is 2.23. The molecule has 0 saturated heterocycles. The summed E-state index contributed by atoms with van der Waals surface area (Å²) in [5.74, 6) is -0.410. The molecule has 0 radical (unpaired) electrons. The van der Waals surface area contributed by atoms with E-state index in [-0.39, 0.29) is 16.8 Å². The van der Waals surface area contributed by atoms with Gasteiger partial charge in [-0.1, -0.05) is 11.6 Å². The van der Waals surface area contributed by atoms with E-state index in [4.69, 9.17) is 17.3 Å². The van der Waals surface area contributed by atoms with Gasteiger partial charge < -0.3 is 15.0 Å². The summed E-state index contributed by atoms with van der Waals surface area (Å²) in [7, 11) is 2.86. The number of anilines is 1. The third-order valence-corrected chi connectivity index (χ3v) is 1.87. The predicted octanol–water partition coefficient (Wildman–Crippen LogP) is 0.442. The first kappa shape index (κ1) is 8.86. The summed E-state index contributed by atoms with van der Waals surface area (Å²) in [5, 5.41) is 0.180. The number of carbonyl (C=O) groups is 1. The second kappa shape index (κ2) is 3.02. The van der Waals surface area contributed by atoms with Crippen LogP contribution in [-0.4, -0.2) is 22.6 Å². The average molecular weight is 190 g/mol. The van der Waals surface area contributed by atoms with Crippen LogP contribution in [0, 0.1) is 0 Å². The molecule has 12 heavy (non-hydrogen) atoms. The predicted molar refractivity (Wildman–Crippen MR) is 44.0 cm³/mol. The largest absolute Gasteiger partial charge is 0.464 e. The van der Waals surface area contributed by atoms with Crippen LogP contribution in [-0.2, 0) is 11.8 Å². The summed E-state index contributed by atoms with van der Waals surface area (Å²) < 4.78 is 5.83. The SMILES string of the molecule is COC(=O)c1nc(N)n(C)c1Cl. The lowest BCUT2D eigenvalue weighted by molar-refractivity contribution is 0.0595. The van der Waals surface area contributed by atoms with Gasteiger partial charge in [0.05, 0.1) is 7.11 Å². The van der Waals surface area contributed by atoms with E-state index in [2.05, 4.69) is 9.72 Å². The van der Waals surface area contributed by atoms with Crippen LogP contribution < -0.4 is 5.73 Å². The van der Waals surface area contributed by atoms with Gasteiger partial charge in [0, 0.05) is 7.05 Å². The minimum absolute atomic E-state index is 0.0409. The molecule has 0 aliphatic heterocycles. The highest BCUT2D eigenvalue weighted by molar-refractivity contribution is 6.32. The van der Waals surface area contributed by atoms with Crippen LogP contribution in [0.5, 0.6) is 0 Å². The number of methoxy groups -OCH3 is 1. The lowest BCUT2D eigenvalue weighted by atomic mass is 10.5. The number of rotatable bonds is 1. The van der Waals surface area contributed by atoms with Gasteiger partial charge in [0.1, 0.15) is 5.15 Å². The van der Waals surface area contributed by atoms with Gasteiger partial charge in [-0.2, -0.15) is 0 Å². The maximum Gasteiger partial charge on any atom is 0.359 e. The summed E-state index contributed by atoms with van der Waals surface area (Å²) in [6, 6.07) is 0. The van der Waals surface area contributed by atoms with Gasteiger partial charge in [-0.25, -0.2) is 9.78 Å². The monoisotopic (exact) mass is 189 g/mol. The molecule has 0 saturated carbocycles. The van der Waals surface area contributed by atoms with E-state index in [1.165, 1.54) is 11.7 Å². The van der Waals surface area contributed by atoms with E-state index >= 15 is 0 Å². The van der Waals surface area contributed by atoms with Crippen molar-refractivity contribution in [1.82, 2.24) is 9.55 Å². The number of nitrogen functional groups attached to an aromatic ring is 1. The Labute approximate surface area is 74.1 Å². The van der Waals surface area contributed by atoms with Crippen molar-refractivity contribution >= 4 is 23.5 Å². The molecule has 2 N–H and O–H groups in total. The zero-order chi connectivity index (χ0) is 9.30. The molecule has 66 valence electrons. The second-order valence-electron chi connectivity index (χ2n) is 2.16. The number of ether oxygens (including phenoxy) is 1. The first-order valence-electron chi connectivity index (χ1n) is 3.14. The minimum atomic E-state index is -0.590. The highest BCUT2D eigenvalue weighted by atomic mass is 35.5. The van der Waals surface area contributed by atoms with Gasteiger partial charge >= 0.3 is 5.97 Å². The molecule has 0 amide bonds. The van der Waals surface area contributed by atoms with Crippen molar-refractivity contribution in [3.63, 3.8) is 0 Å². The van der Waals surface area contributed by atoms with E-state index in [9.17, 15) is 4.79 Å². The number of hydrogen-bond acceptors (Lipinski definition) is 4. The molecule has 0 spiro atoms. The number of imidazole rings is 1. The number of esters is 1. The van der Waals surface area contributed by atoms with Crippen molar-refractivity contribution in [3.8, 4) is 0 Å². The zero-order valence-electron chi connectivity index (χ0n) is 6.67. The Bertz CT molecular complexity index is 321. The Balaban J connectivity index is 3.17. The number of halogens is 1. The van der Waals surface area contributed by atoms with E-state index < -0.39 is 5.97 Å². The fourth-order valence-electron chi connectivity index (χ4n) is 0.722. The van der Waals surface area contributed by atoms with Gasteiger partial charge in [0.15, 0.2) is 5.69 Å². The summed E-state index contributed by atoms with van der Waals surface area (Å²) in [4.78, 5) is 14.7. The first-order chi connectivity index (χ1) is 5.57. The van der Waals surface area contributed by atoms with Crippen LogP contribution >= 0.6 is 11.6 Å². The van der Waals surface area contributed by atoms with Crippen molar-refractivity contribution in [2.45, 2.75) is 0 Å². The second-order valence-corrected chi connectivity index (χ2v) is 2.52. The zero-order valence-corrected chi connectivity index (χ0v) is 7.42. The van der Waals surface area contributed by atoms with E-state index in [0.717, 1.165) is 0 Å². The molecule has 0 fully saturated rings. The van der Waals surface area contributed by atoms with Gasteiger partial charge in [-0.3, -0.25) is 0 Å². The average Bonchev–Trinajstić information content (AvgIpc) is 2.32. The smallest absolute Gasteiger partial charge is 0.359 e. The summed E-state index contributed by atoms with van der Waals surface area (Å²) in [5.41, 5.74) is 5.43. The van der Waals surface area contributed by atoms with Crippen LogP contribution in [0.15, 0.2) is 0 Å². The molecule has 6 heteroatoms. The number of aromatic nitrogens is 2. The lowest BCUT2D eigenvalue weighted by Gasteiger charge is -1.95. The third-order valence-electron chi connectivity index (χ3n) is 1.44. The molecule has 1 rings (SSSR count). The fraction of sp³-hybridized carbons (Fsp3) is 0.333. The highest BCUT2D eigenvalue weighted by Crippen LogP contribution is 2.18. The molecule has 0 aliphatic carbocycles. The highest BCUT2D eigenvalue weighted by Gasteiger charge is 2.17. The molecule has 0 aromatic carbocycles. The molecule has 5 nitrogen and oxygen atoms in total. The standard InChI is InChI=1S/C6H8ClN3O2/c1-10-4(7)3(5(11)12-2)9-6(10)8/h1-2H3,(H2,8,9). The maximum absolute atomic E-state index is 11.0. The summed E-state index contributed by atoms with van der Waals surface area (Å²) >= 11 is 5.71. The van der Waals surface area contributed by atoms with E-state index in [0.29, 0.717) is 0 Å². The number of nitrogens with zero attached hydrogens (tertiary/aromatic N) is 2. The third kappa shape index (κ3) is 1.23. The van der Waals surface area contributed by atoms with Gasteiger partial charge in [0.25, 0.3) is 0 Å². The van der Waals surface area contributed by atoms with Crippen LogP contribution in [0.3, 0.4) is 0 Å². The normalized spacial score (nSPS) is 9.92. The van der Waals surface area contributed by atoms with Crippen LogP contribution in [0.4, 0.5) is 5.95 Å². The molecular formula is C6H8ClN3O2. The first-order valence-corrected chi connectivity index (χ1v) is 3.51. The van der Waals surface area contributed by atoms with Crippen molar-refractivity contribution in [2.75, 3.05) is 12.8 Å². The molecular weight excluding hydrogens is 182 g/mol. The maximum atomic E-state index is 11.0. The van der Waals surface area contributed by atoms with Gasteiger partial charge in [0.2, 0.25) is 5.95 Å². The van der Waals surface area contributed by atoms with E-state index in [1.807, 2.05) is 0 Å². The molecule has 0 unspecified atom stereocenters. The molecule has 1 aromatic rings. The van der Waals surface area contributed by atoms with Gasteiger partial charge in [-0.15, -0.1) is 0 Å². The fourth-order valence-corrected chi connectivity index (χ4v) is 0.928. The Morgan fingerprint density at radius 2 is 2.33 bits per heavy atom. The Morgan fingerprint density at radius 1 is 1.75 bits per heavy atom. The van der Waals surface area contributed by atoms with E-state index in [1.54, 1.807) is 7.05 Å². The minimum Gasteiger partial charge on any atom is -0.464 e. The van der Waals surface area contributed by atoms with Crippen LogP contribution in [0.2, 0.25) is 5.15 Å². The molecule has 0 atom stereocenters. The lowest BCUT2D eigenvalue weighted by Crippen LogP contribution is -2.02. The van der Waals surface area contributed by atoms with Crippen LogP contribution in [0.1, 0.15) is 10.5 Å². The summed E-state index contributed by atoms with van der Waals surface area (Å²) in [6.07, 6.45) is 0. The quantitative estimate of drug-likeness (QED) is 0.651. The Hall–Kier alpha value is -1.23. The molecule has 1 aromatic heterocycles. The van der Waals surface area contributed by atoms with Crippen molar-refractivity contribution < 1.29 is 9.53 Å². The van der Waals surface area contributed by atoms with Crippen molar-refractivity contribution in [2.24, 2.45) is 7.05 Å². The summed E-state index contributed by atoms with van der Waals surface area (Å²) in [6.45, 7) is 0. The molecule has 0 bridgehead atoms. The van der Waals surface area contributed by atoms with Crippen molar-refractivity contribution in [3.05, 3.63) is 10.8 Å². The number of carbonyl (C=O) groups excluding carboxylic acids is 1. The number of hydrogen-bond donors (Lipinski definition) is 1. The van der Waals surface area contributed by atoms with Crippen molar-refractivity contribution in [1.29, 1.82) is 0 Å². The Morgan fingerprint density at radius 3 is 2.67 bits per heavy atom. The van der Waals surface area contributed by atoms with Gasteiger partial charge in [-0.05, 0) is 0 Å². The topological polar surface area (TPSA) is 70.1 Å². The molecule has 0 aliphatic rings.